The van der Waals surface area contributed by atoms with E-state index in [1.807, 2.05) is 17.5 Å². The number of anilines is 1. The summed E-state index contributed by atoms with van der Waals surface area (Å²) in [6.07, 6.45) is -0.660. The third kappa shape index (κ3) is 3.90. The van der Waals surface area contributed by atoms with Crippen molar-refractivity contribution >= 4 is 33.7 Å². The molecule has 1 amide bonds. The average Bonchev–Trinajstić information content (AvgIpc) is 3.26. The molecule has 3 rings (SSSR count). The minimum absolute atomic E-state index is 0.278. The molecule has 0 aliphatic rings. The number of rotatable bonds is 6. The van der Waals surface area contributed by atoms with Crippen LogP contribution in [0.5, 0.6) is 11.5 Å². The van der Waals surface area contributed by atoms with E-state index in [4.69, 9.17) is 9.47 Å². The molecule has 0 spiro atoms. The highest BCUT2D eigenvalue weighted by Gasteiger charge is 2.17. The molecule has 24 heavy (non-hydrogen) atoms. The van der Waals surface area contributed by atoms with Crippen LogP contribution in [0.1, 0.15) is 6.92 Å². The van der Waals surface area contributed by atoms with E-state index in [0.29, 0.717) is 10.9 Å². The van der Waals surface area contributed by atoms with Crippen molar-refractivity contribution in [1.82, 2.24) is 10.2 Å². The monoisotopic (exact) mass is 361 g/mol. The summed E-state index contributed by atoms with van der Waals surface area (Å²) in [6.45, 7) is 1.68. The highest BCUT2D eigenvalue weighted by atomic mass is 32.1. The molecule has 0 saturated carbocycles. The maximum atomic E-state index is 12.2. The number of thiophene rings is 1. The molecule has 2 aromatic heterocycles. The Morgan fingerprint density at radius 3 is 2.58 bits per heavy atom. The van der Waals surface area contributed by atoms with E-state index >= 15 is 0 Å². The lowest BCUT2D eigenvalue weighted by atomic mass is 10.3. The zero-order chi connectivity index (χ0) is 16.9. The Balaban J connectivity index is 1.59. The molecule has 0 radical (unpaired) electrons. The number of hydrogen-bond donors (Lipinski definition) is 1. The van der Waals surface area contributed by atoms with Gasteiger partial charge in [0.1, 0.15) is 11.5 Å². The van der Waals surface area contributed by atoms with Crippen LogP contribution in [-0.4, -0.2) is 29.3 Å². The van der Waals surface area contributed by atoms with Crippen LogP contribution in [-0.2, 0) is 4.79 Å². The number of benzene rings is 1. The first-order chi connectivity index (χ1) is 11.7. The zero-order valence-corrected chi connectivity index (χ0v) is 14.7. The standard InChI is InChI=1S/C16H15N3O3S2/c1-10(22-12-7-5-11(21-2)6-8-12)14(20)17-16-19-18-15(24-16)13-4-3-9-23-13/h3-10H,1-2H3,(H,17,19,20). The minimum Gasteiger partial charge on any atom is -0.497 e. The molecular formula is C16H15N3O3S2. The van der Waals surface area contributed by atoms with Gasteiger partial charge in [-0.15, -0.1) is 21.5 Å². The van der Waals surface area contributed by atoms with Crippen molar-refractivity contribution in [3.05, 3.63) is 41.8 Å². The fourth-order valence-corrected chi connectivity index (χ4v) is 3.43. The van der Waals surface area contributed by atoms with E-state index in [2.05, 4.69) is 15.5 Å². The van der Waals surface area contributed by atoms with Crippen LogP contribution in [0.3, 0.4) is 0 Å². The second kappa shape index (κ2) is 7.41. The van der Waals surface area contributed by atoms with E-state index in [9.17, 15) is 4.79 Å². The summed E-state index contributed by atoms with van der Waals surface area (Å²) in [5.74, 6) is 1.05. The largest absolute Gasteiger partial charge is 0.497 e. The molecule has 1 N–H and O–H groups in total. The highest BCUT2D eigenvalue weighted by Crippen LogP contribution is 2.29. The molecule has 8 heteroatoms. The Morgan fingerprint density at radius 1 is 1.17 bits per heavy atom. The van der Waals surface area contributed by atoms with E-state index in [1.165, 1.54) is 11.3 Å². The smallest absolute Gasteiger partial charge is 0.266 e. The average molecular weight is 361 g/mol. The molecule has 6 nitrogen and oxygen atoms in total. The summed E-state index contributed by atoms with van der Waals surface area (Å²) in [5, 5.41) is 14.0. The van der Waals surface area contributed by atoms with E-state index < -0.39 is 6.10 Å². The van der Waals surface area contributed by atoms with E-state index in [1.54, 1.807) is 49.6 Å². The maximum Gasteiger partial charge on any atom is 0.266 e. The summed E-state index contributed by atoms with van der Waals surface area (Å²) in [7, 11) is 1.60. The van der Waals surface area contributed by atoms with Crippen LogP contribution in [0, 0.1) is 0 Å². The number of hydrogen-bond acceptors (Lipinski definition) is 7. The van der Waals surface area contributed by atoms with Crippen LogP contribution < -0.4 is 14.8 Å². The molecule has 0 fully saturated rings. The van der Waals surface area contributed by atoms with Gasteiger partial charge in [-0.2, -0.15) is 0 Å². The van der Waals surface area contributed by atoms with Gasteiger partial charge in [-0.05, 0) is 42.6 Å². The molecule has 3 aromatic rings. The second-order valence-electron chi connectivity index (χ2n) is 4.81. The molecule has 1 atom stereocenters. The van der Waals surface area contributed by atoms with Crippen molar-refractivity contribution in [1.29, 1.82) is 0 Å². The van der Waals surface area contributed by atoms with Gasteiger partial charge in [0.2, 0.25) is 5.13 Å². The molecule has 124 valence electrons. The minimum atomic E-state index is -0.660. The topological polar surface area (TPSA) is 73.3 Å². The molecule has 2 heterocycles. The summed E-state index contributed by atoms with van der Waals surface area (Å²) in [5.41, 5.74) is 0. The normalized spacial score (nSPS) is 11.8. The van der Waals surface area contributed by atoms with Crippen LogP contribution in [0.25, 0.3) is 9.88 Å². The number of amides is 1. The van der Waals surface area contributed by atoms with Crippen molar-refractivity contribution < 1.29 is 14.3 Å². The summed E-state index contributed by atoms with van der Waals surface area (Å²) in [6, 6.07) is 11.0. The third-order valence-corrected chi connectivity index (χ3v) is 5.01. The van der Waals surface area contributed by atoms with Gasteiger partial charge < -0.3 is 9.47 Å². The van der Waals surface area contributed by atoms with Crippen molar-refractivity contribution in [3.8, 4) is 21.4 Å². The van der Waals surface area contributed by atoms with Gasteiger partial charge in [0, 0.05) is 0 Å². The first-order valence-corrected chi connectivity index (χ1v) is 8.84. The molecule has 0 bridgehead atoms. The molecule has 1 aromatic carbocycles. The summed E-state index contributed by atoms with van der Waals surface area (Å²) in [4.78, 5) is 13.2. The first-order valence-electron chi connectivity index (χ1n) is 7.14. The Labute approximate surface area is 147 Å². The fraction of sp³-hybridized carbons (Fsp3) is 0.188. The molecule has 0 aliphatic carbocycles. The Kier molecular flexibility index (Phi) is 5.07. The summed E-state index contributed by atoms with van der Waals surface area (Å²) >= 11 is 2.91. The van der Waals surface area contributed by atoms with Crippen LogP contribution >= 0.6 is 22.7 Å². The van der Waals surface area contributed by atoms with Gasteiger partial charge in [0.05, 0.1) is 12.0 Å². The van der Waals surface area contributed by atoms with Gasteiger partial charge in [0.15, 0.2) is 11.1 Å². The molecule has 0 saturated heterocycles. The van der Waals surface area contributed by atoms with Gasteiger partial charge in [-0.3, -0.25) is 10.1 Å². The van der Waals surface area contributed by atoms with Gasteiger partial charge >= 0.3 is 0 Å². The number of nitrogens with zero attached hydrogens (tertiary/aromatic N) is 2. The second-order valence-corrected chi connectivity index (χ2v) is 6.74. The van der Waals surface area contributed by atoms with Gasteiger partial charge in [-0.25, -0.2) is 0 Å². The predicted octanol–water partition coefficient (Wildman–Crippen LogP) is 3.68. The Hall–Kier alpha value is -2.45. The van der Waals surface area contributed by atoms with Crippen molar-refractivity contribution in [3.63, 3.8) is 0 Å². The Morgan fingerprint density at radius 2 is 1.92 bits per heavy atom. The van der Waals surface area contributed by atoms with E-state index in [-0.39, 0.29) is 5.91 Å². The van der Waals surface area contributed by atoms with E-state index in [0.717, 1.165) is 15.6 Å². The SMILES string of the molecule is COc1ccc(OC(C)C(=O)Nc2nnc(-c3cccs3)s2)cc1. The summed E-state index contributed by atoms with van der Waals surface area (Å²) < 4.78 is 10.7. The quantitative estimate of drug-likeness (QED) is 0.725. The molecule has 0 aliphatic heterocycles. The number of ether oxygens (including phenoxy) is 2. The zero-order valence-electron chi connectivity index (χ0n) is 13.1. The molecule has 1 unspecified atom stereocenters. The van der Waals surface area contributed by atoms with Crippen LogP contribution in [0.4, 0.5) is 5.13 Å². The Bertz CT molecular complexity index is 800. The number of carbonyl (C=O) groups is 1. The lowest BCUT2D eigenvalue weighted by Gasteiger charge is -2.13. The number of aromatic nitrogens is 2. The first kappa shape index (κ1) is 16.4. The maximum absolute atomic E-state index is 12.2. The van der Waals surface area contributed by atoms with Crippen LogP contribution in [0.15, 0.2) is 41.8 Å². The van der Waals surface area contributed by atoms with Crippen LogP contribution in [0.2, 0.25) is 0 Å². The highest BCUT2D eigenvalue weighted by molar-refractivity contribution is 7.23. The lowest BCUT2D eigenvalue weighted by molar-refractivity contribution is -0.122. The van der Waals surface area contributed by atoms with Crippen molar-refractivity contribution in [2.24, 2.45) is 0 Å². The van der Waals surface area contributed by atoms with Crippen molar-refractivity contribution in [2.45, 2.75) is 13.0 Å². The fourth-order valence-electron chi connectivity index (χ4n) is 1.89. The lowest BCUT2D eigenvalue weighted by Crippen LogP contribution is -2.30. The number of carbonyl (C=O) groups excluding carboxylic acids is 1. The van der Waals surface area contributed by atoms with Gasteiger partial charge in [-0.1, -0.05) is 17.4 Å². The third-order valence-electron chi connectivity index (χ3n) is 3.13. The number of methoxy groups -OCH3 is 1. The number of nitrogens with one attached hydrogen (secondary N) is 1. The molecular weight excluding hydrogens is 346 g/mol. The predicted molar refractivity (Wildman–Crippen MR) is 94.9 cm³/mol. The van der Waals surface area contributed by atoms with Gasteiger partial charge in [0.25, 0.3) is 5.91 Å². The van der Waals surface area contributed by atoms with Crippen molar-refractivity contribution in [2.75, 3.05) is 12.4 Å².